The molecule has 1 saturated heterocycles. The fraction of sp³-hybridized carbons (Fsp3) is 0.400. The first-order valence-electron chi connectivity index (χ1n) is 7.13. The van der Waals surface area contributed by atoms with Gasteiger partial charge >= 0.3 is 0 Å². The van der Waals surface area contributed by atoms with E-state index >= 15 is 0 Å². The van der Waals surface area contributed by atoms with E-state index in [9.17, 15) is 10.1 Å². The molecule has 2 heterocycles. The molecule has 1 aliphatic rings. The first kappa shape index (κ1) is 14.9. The molecule has 22 heavy (non-hydrogen) atoms. The molecule has 1 fully saturated rings. The Kier molecular flexibility index (Phi) is 4.08. The Morgan fingerprint density at radius 3 is 2.50 bits per heavy atom. The quantitative estimate of drug-likeness (QED) is 0.641. The maximum atomic E-state index is 10.7. The Morgan fingerprint density at radius 1 is 1.27 bits per heavy atom. The predicted octanol–water partition coefficient (Wildman–Crippen LogP) is 3.33. The van der Waals surface area contributed by atoms with Crippen molar-refractivity contribution in [1.29, 1.82) is 0 Å². The number of morpholine rings is 1. The van der Waals surface area contributed by atoms with Crippen LogP contribution in [0.3, 0.4) is 0 Å². The Hall–Kier alpha value is -1.99. The monoisotopic (exact) mass is 319 g/mol. The molecule has 0 unspecified atom stereocenters. The van der Waals surface area contributed by atoms with E-state index in [0.29, 0.717) is 0 Å². The van der Waals surface area contributed by atoms with Crippen LogP contribution in [-0.2, 0) is 4.74 Å². The summed E-state index contributed by atoms with van der Waals surface area (Å²) in [5.41, 5.74) is 1.83. The van der Waals surface area contributed by atoms with Crippen molar-refractivity contribution in [1.82, 2.24) is 4.98 Å². The molecule has 6 nitrogen and oxygen atoms in total. The van der Waals surface area contributed by atoms with Crippen LogP contribution in [-0.4, -0.2) is 35.2 Å². The van der Waals surface area contributed by atoms with Gasteiger partial charge in [0.2, 0.25) is 0 Å². The van der Waals surface area contributed by atoms with Crippen LogP contribution in [0.15, 0.2) is 29.6 Å². The second kappa shape index (κ2) is 6.02. The first-order chi connectivity index (χ1) is 10.5. The van der Waals surface area contributed by atoms with Crippen molar-refractivity contribution in [3.05, 3.63) is 39.8 Å². The van der Waals surface area contributed by atoms with Gasteiger partial charge in [-0.3, -0.25) is 10.1 Å². The van der Waals surface area contributed by atoms with Crippen LogP contribution in [0.2, 0.25) is 0 Å². The Balaban J connectivity index is 1.79. The van der Waals surface area contributed by atoms with Crippen LogP contribution < -0.4 is 4.90 Å². The Labute approximate surface area is 132 Å². The minimum Gasteiger partial charge on any atom is -0.372 e. The van der Waals surface area contributed by atoms with E-state index in [0.717, 1.165) is 29.5 Å². The molecule has 0 amide bonds. The highest BCUT2D eigenvalue weighted by molar-refractivity contribution is 7.14. The smallest absolute Gasteiger partial charge is 0.269 e. The van der Waals surface area contributed by atoms with E-state index in [1.54, 1.807) is 23.5 Å². The number of hydrogen-bond acceptors (Lipinski definition) is 6. The number of ether oxygens (including phenoxy) is 1. The minimum atomic E-state index is -0.396. The van der Waals surface area contributed by atoms with Crippen molar-refractivity contribution in [2.45, 2.75) is 26.1 Å². The van der Waals surface area contributed by atoms with Gasteiger partial charge in [0.15, 0.2) is 5.13 Å². The van der Waals surface area contributed by atoms with Crippen molar-refractivity contribution in [2.75, 3.05) is 18.0 Å². The summed E-state index contributed by atoms with van der Waals surface area (Å²) in [7, 11) is 0. The lowest BCUT2D eigenvalue weighted by atomic mass is 10.1. The molecule has 0 saturated carbocycles. The van der Waals surface area contributed by atoms with Gasteiger partial charge in [-0.1, -0.05) is 0 Å². The van der Waals surface area contributed by atoms with E-state index in [4.69, 9.17) is 4.74 Å². The molecule has 0 radical (unpaired) electrons. The third kappa shape index (κ3) is 3.10. The maximum absolute atomic E-state index is 10.7. The van der Waals surface area contributed by atoms with Crippen molar-refractivity contribution in [3.8, 4) is 11.3 Å². The van der Waals surface area contributed by atoms with Gasteiger partial charge in [0, 0.05) is 36.2 Å². The second-order valence-electron chi connectivity index (χ2n) is 5.48. The summed E-state index contributed by atoms with van der Waals surface area (Å²) in [6.45, 7) is 5.79. The summed E-state index contributed by atoms with van der Waals surface area (Å²) in [4.78, 5) is 17.2. The lowest BCUT2D eigenvalue weighted by molar-refractivity contribution is -0.384. The van der Waals surface area contributed by atoms with Gasteiger partial charge < -0.3 is 9.64 Å². The number of thiazole rings is 1. The van der Waals surface area contributed by atoms with E-state index in [2.05, 4.69) is 23.7 Å². The molecular formula is C15H17N3O3S. The van der Waals surface area contributed by atoms with Crippen molar-refractivity contribution < 1.29 is 9.66 Å². The lowest BCUT2D eigenvalue weighted by Crippen LogP contribution is -2.45. The number of nitro benzene ring substituents is 1. The number of anilines is 1. The highest BCUT2D eigenvalue weighted by Crippen LogP contribution is 2.30. The van der Waals surface area contributed by atoms with Crippen LogP contribution in [0.1, 0.15) is 13.8 Å². The summed E-state index contributed by atoms with van der Waals surface area (Å²) in [5, 5.41) is 13.6. The number of aromatic nitrogens is 1. The van der Waals surface area contributed by atoms with E-state index in [-0.39, 0.29) is 17.9 Å². The molecule has 2 aromatic rings. The van der Waals surface area contributed by atoms with Crippen LogP contribution in [0.5, 0.6) is 0 Å². The van der Waals surface area contributed by atoms with Crippen LogP contribution in [0.25, 0.3) is 11.3 Å². The summed E-state index contributed by atoms with van der Waals surface area (Å²) in [5.74, 6) is 0. The van der Waals surface area contributed by atoms with E-state index in [1.165, 1.54) is 12.1 Å². The number of nitrogens with zero attached hydrogens (tertiary/aromatic N) is 3. The van der Waals surface area contributed by atoms with Crippen molar-refractivity contribution >= 4 is 22.2 Å². The molecule has 7 heteroatoms. The Bertz CT molecular complexity index is 661. The highest BCUT2D eigenvalue weighted by atomic mass is 32.1. The molecular weight excluding hydrogens is 302 g/mol. The molecule has 0 spiro atoms. The third-order valence-electron chi connectivity index (χ3n) is 3.56. The van der Waals surface area contributed by atoms with Crippen LogP contribution >= 0.6 is 11.3 Å². The highest BCUT2D eigenvalue weighted by Gasteiger charge is 2.24. The molecule has 2 atom stereocenters. The molecule has 0 aliphatic carbocycles. The summed E-state index contributed by atoms with van der Waals surface area (Å²) in [6, 6.07) is 6.49. The van der Waals surface area contributed by atoms with Crippen LogP contribution in [0, 0.1) is 10.1 Å². The zero-order valence-electron chi connectivity index (χ0n) is 12.4. The van der Waals surface area contributed by atoms with Gasteiger partial charge in [-0.05, 0) is 26.0 Å². The number of benzene rings is 1. The topological polar surface area (TPSA) is 68.5 Å². The molecule has 0 bridgehead atoms. The summed E-state index contributed by atoms with van der Waals surface area (Å²) < 4.78 is 5.74. The number of hydrogen-bond donors (Lipinski definition) is 0. The van der Waals surface area contributed by atoms with E-state index in [1.807, 2.05) is 5.38 Å². The number of rotatable bonds is 3. The molecule has 1 aromatic heterocycles. The molecule has 1 aromatic carbocycles. The predicted molar refractivity (Wildman–Crippen MR) is 86.4 cm³/mol. The van der Waals surface area contributed by atoms with Gasteiger partial charge in [-0.25, -0.2) is 4.98 Å². The minimum absolute atomic E-state index is 0.0926. The summed E-state index contributed by atoms with van der Waals surface area (Å²) >= 11 is 1.59. The normalized spacial score (nSPS) is 21.8. The number of nitro groups is 1. The van der Waals surface area contributed by atoms with Crippen molar-refractivity contribution in [3.63, 3.8) is 0 Å². The average molecular weight is 319 g/mol. The third-order valence-corrected chi connectivity index (χ3v) is 4.46. The number of non-ortho nitro benzene ring substituents is 1. The van der Waals surface area contributed by atoms with Gasteiger partial charge in [0.1, 0.15) is 0 Å². The fourth-order valence-corrected chi connectivity index (χ4v) is 3.49. The molecule has 0 N–H and O–H groups in total. The molecule has 3 rings (SSSR count). The van der Waals surface area contributed by atoms with Gasteiger partial charge in [0.25, 0.3) is 5.69 Å². The fourth-order valence-electron chi connectivity index (χ4n) is 2.63. The van der Waals surface area contributed by atoms with Gasteiger partial charge in [-0.2, -0.15) is 0 Å². The average Bonchev–Trinajstić information content (AvgIpc) is 2.96. The zero-order chi connectivity index (χ0) is 15.7. The Morgan fingerprint density at radius 2 is 1.91 bits per heavy atom. The lowest BCUT2D eigenvalue weighted by Gasteiger charge is -2.35. The second-order valence-corrected chi connectivity index (χ2v) is 6.32. The molecule has 1 aliphatic heterocycles. The van der Waals surface area contributed by atoms with Gasteiger partial charge in [-0.15, -0.1) is 11.3 Å². The SMILES string of the molecule is C[C@@H]1CN(c2nc(-c3ccc([N+](=O)[O-])cc3)cs2)C[C@H](C)O1. The largest absolute Gasteiger partial charge is 0.372 e. The van der Waals surface area contributed by atoms with Gasteiger partial charge in [0.05, 0.1) is 22.8 Å². The maximum Gasteiger partial charge on any atom is 0.269 e. The first-order valence-corrected chi connectivity index (χ1v) is 8.01. The molecule has 116 valence electrons. The van der Waals surface area contributed by atoms with Crippen LogP contribution in [0.4, 0.5) is 10.8 Å². The summed E-state index contributed by atoms with van der Waals surface area (Å²) in [6.07, 6.45) is 0.381. The zero-order valence-corrected chi connectivity index (χ0v) is 13.2. The van der Waals surface area contributed by atoms with Crippen molar-refractivity contribution in [2.24, 2.45) is 0 Å². The standard InChI is InChI=1S/C15H17N3O3S/c1-10-7-17(8-11(2)21-10)15-16-14(9-22-15)12-3-5-13(6-4-12)18(19)20/h3-6,9-11H,7-8H2,1-2H3/t10-,11+. The van der Waals surface area contributed by atoms with E-state index < -0.39 is 4.92 Å².